The zero-order valence-electron chi connectivity index (χ0n) is 12.6. The summed E-state index contributed by atoms with van der Waals surface area (Å²) in [6, 6.07) is 3.50. The fraction of sp³-hybridized carbons (Fsp3) is 0.294. The van der Waals surface area contributed by atoms with Gasteiger partial charge in [-0.25, -0.2) is 9.97 Å². The van der Waals surface area contributed by atoms with Crippen LogP contribution in [-0.4, -0.2) is 20.7 Å². The Bertz CT molecular complexity index is 815. The maximum Gasteiger partial charge on any atom is 0.221 e. The van der Waals surface area contributed by atoms with Crippen molar-refractivity contribution < 1.29 is 4.79 Å². The summed E-state index contributed by atoms with van der Waals surface area (Å²) in [5.74, 6) is 6.20. The van der Waals surface area contributed by atoms with Gasteiger partial charge in [-0.2, -0.15) is 0 Å². The fourth-order valence-electron chi connectivity index (χ4n) is 2.57. The lowest BCUT2D eigenvalue weighted by molar-refractivity contribution is 0.0910. The van der Waals surface area contributed by atoms with E-state index in [1.807, 2.05) is 6.07 Å². The van der Waals surface area contributed by atoms with Crippen LogP contribution in [0.3, 0.4) is 0 Å². The molecule has 0 amide bonds. The molecule has 0 radical (unpaired) electrons. The third kappa shape index (κ3) is 2.96. The molecule has 2 aromatic rings. The third-order valence-electron chi connectivity index (χ3n) is 3.56. The van der Waals surface area contributed by atoms with E-state index in [0.29, 0.717) is 23.2 Å². The molecule has 0 saturated carbocycles. The summed E-state index contributed by atoms with van der Waals surface area (Å²) in [4.78, 5) is 24.5. The lowest BCUT2D eigenvalue weighted by Gasteiger charge is -2.29. The van der Waals surface area contributed by atoms with Crippen LogP contribution < -0.4 is 5.73 Å². The lowest BCUT2D eigenvalue weighted by Crippen LogP contribution is -2.27. The first-order valence-electron chi connectivity index (χ1n) is 7.06. The molecule has 1 aliphatic rings. The van der Waals surface area contributed by atoms with Gasteiger partial charge in [-0.15, -0.1) is 0 Å². The molecule has 3 rings (SSSR count). The standard InChI is InChI=1S/C17H16N4O/c1-17(2)8-14-13(15(22)9-17)7-11(10-20-14)3-4-12-5-6-19-16(18)21-12/h5-7,10H,8-9H2,1-2H3,(H2,18,19,21). The van der Waals surface area contributed by atoms with Crippen LogP contribution in [0.25, 0.3) is 0 Å². The topological polar surface area (TPSA) is 81.8 Å². The second-order valence-electron chi connectivity index (χ2n) is 6.21. The monoisotopic (exact) mass is 292 g/mol. The minimum Gasteiger partial charge on any atom is -0.368 e. The number of rotatable bonds is 0. The van der Waals surface area contributed by atoms with E-state index in [2.05, 4.69) is 40.6 Å². The van der Waals surface area contributed by atoms with Crippen LogP contribution in [0.15, 0.2) is 24.5 Å². The Morgan fingerprint density at radius 3 is 2.82 bits per heavy atom. The van der Waals surface area contributed by atoms with E-state index in [9.17, 15) is 4.79 Å². The average Bonchev–Trinajstić information content (AvgIpc) is 2.44. The molecule has 2 N–H and O–H groups in total. The van der Waals surface area contributed by atoms with Crippen molar-refractivity contribution in [1.29, 1.82) is 0 Å². The smallest absolute Gasteiger partial charge is 0.221 e. The van der Waals surface area contributed by atoms with Gasteiger partial charge in [0, 0.05) is 29.9 Å². The Morgan fingerprint density at radius 2 is 2.05 bits per heavy atom. The number of nitrogen functional groups attached to an aromatic ring is 1. The molecule has 110 valence electrons. The molecule has 0 spiro atoms. The fourth-order valence-corrected chi connectivity index (χ4v) is 2.57. The van der Waals surface area contributed by atoms with Gasteiger partial charge in [0.25, 0.3) is 0 Å². The van der Waals surface area contributed by atoms with E-state index in [4.69, 9.17) is 5.73 Å². The van der Waals surface area contributed by atoms with Crippen LogP contribution in [0.4, 0.5) is 5.95 Å². The number of pyridine rings is 1. The summed E-state index contributed by atoms with van der Waals surface area (Å²) >= 11 is 0. The van der Waals surface area contributed by atoms with Crippen molar-refractivity contribution in [3.8, 4) is 11.8 Å². The van der Waals surface area contributed by atoms with Crippen molar-refractivity contribution in [3.63, 3.8) is 0 Å². The molecule has 0 saturated heterocycles. The number of hydrogen-bond donors (Lipinski definition) is 1. The highest BCUT2D eigenvalue weighted by atomic mass is 16.1. The Balaban J connectivity index is 1.92. The van der Waals surface area contributed by atoms with Crippen molar-refractivity contribution in [2.24, 2.45) is 5.41 Å². The predicted molar refractivity (Wildman–Crippen MR) is 83.1 cm³/mol. The maximum absolute atomic E-state index is 12.2. The molecule has 5 heteroatoms. The van der Waals surface area contributed by atoms with Crippen molar-refractivity contribution in [2.75, 3.05) is 5.73 Å². The molecule has 5 nitrogen and oxygen atoms in total. The first-order valence-corrected chi connectivity index (χ1v) is 7.06. The SMILES string of the molecule is CC1(C)CC(=O)c2cc(C#Cc3ccnc(N)n3)cnc2C1. The van der Waals surface area contributed by atoms with Gasteiger partial charge < -0.3 is 5.73 Å². The van der Waals surface area contributed by atoms with Crippen LogP contribution in [0, 0.1) is 17.3 Å². The van der Waals surface area contributed by atoms with Gasteiger partial charge in [-0.05, 0) is 29.9 Å². The minimum atomic E-state index is -0.0250. The molecule has 1 aliphatic carbocycles. The largest absolute Gasteiger partial charge is 0.368 e. The Morgan fingerprint density at radius 1 is 1.23 bits per heavy atom. The zero-order valence-corrected chi connectivity index (χ0v) is 12.6. The summed E-state index contributed by atoms with van der Waals surface area (Å²) in [7, 11) is 0. The van der Waals surface area contributed by atoms with Gasteiger partial charge in [-0.1, -0.05) is 19.8 Å². The summed E-state index contributed by atoms with van der Waals surface area (Å²) in [5, 5.41) is 0. The molecule has 0 unspecified atom stereocenters. The summed E-state index contributed by atoms with van der Waals surface area (Å²) in [6.45, 7) is 4.17. The number of Topliss-reactive ketones (excluding diaryl/α,β-unsaturated/α-hetero) is 1. The first kappa shape index (κ1) is 14.2. The molecule has 22 heavy (non-hydrogen) atoms. The number of anilines is 1. The highest BCUT2D eigenvalue weighted by molar-refractivity contribution is 5.98. The normalized spacial score (nSPS) is 15.6. The summed E-state index contributed by atoms with van der Waals surface area (Å²) in [6.07, 6.45) is 4.61. The second kappa shape index (κ2) is 5.23. The van der Waals surface area contributed by atoms with Crippen LogP contribution in [0.2, 0.25) is 0 Å². The van der Waals surface area contributed by atoms with E-state index in [1.165, 1.54) is 0 Å². The van der Waals surface area contributed by atoms with Crippen molar-refractivity contribution in [1.82, 2.24) is 15.0 Å². The highest BCUT2D eigenvalue weighted by Crippen LogP contribution is 2.33. The van der Waals surface area contributed by atoms with Gasteiger partial charge in [-0.3, -0.25) is 9.78 Å². The summed E-state index contributed by atoms with van der Waals surface area (Å²) < 4.78 is 0. The number of carbonyl (C=O) groups is 1. The number of aromatic nitrogens is 3. The lowest BCUT2D eigenvalue weighted by atomic mass is 9.75. The van der Waals surface area contributed by atoms with Gasteiger partial charge in [0.1, 0.15) is 5.69 Å². The average molecular weight is 292 g/mol. The quantitative estimate of drug-likeness (QED) is 0.751. The highest BCUT2D eigenvalue weighted by Gasteiger charge is 2.31. The molecular weight excluding hydrogens is 276 g/mol. The minimum absolute atomic E-state index is 0.0250. The van der Waals surface area contributed by atoms with E-state index in [0.717, 1.165) is 12.1 Å². The summed E-state index contributed by atoms with van der Waals surface area (Å²) in [5.41, 5.74) is 8.28. The number of ketones is 1. The van der Waals surface area contributed by atoms with Gasteiger partial charge in [0.05, 0.1) is 5.69 Å². The molecule has 2 aromatic heterocycles. The molecule has 0 aliphatic heterocycles. The zero-order chi connectivity index (χ0) is 15.7. The number of fused-ring (bicyclic) bond motifs is 1. The van der Waals surface area contributed by atoms with Gasteiger partial charge in [0.2, 0.25) is 5.95 Å². The van der Waals surface area contributed by atoms with E-state index in [-0.39, 0.29) is 17.1 Å². The number of nitrogens with zero attached hydrogens (tertiary/aromatic N) is 3. The van der Waals surface area contributed by atoms with Crippen molar-refractivity contribution >= 4 is 11.7 Å². The van der Waals surface area contributed by atoms with Crippen molar-refractivity contribution in [3.05, 3.63) is 47.0 Å². The van der Waals surface area contributed by atoms with E-state index >= 15 is 0 Å². The number of hydrogen-bond acceptors (Lipinski definition) is 5. The molecule has 0 fully saturated rings. The Hall–Kier alpha value is -2.74. The molecule has 2 heterocycles. The first-order chi connectivity index (χ1) is 10.4. The molecular formula is C17H16N4O. The van der Waals surface area contributed by atoms with Crippen LogP contribution in [0.1, 0.15) is 47.6 Å². The second-order valence-corrected chi connectivity index (χ2v) is 6.21. The number of carbonyl (C=O) groups excluding carboxylic acids is 1. The molecule has 0 atom stereocenters. The maximum atomic E-state index is 12.2. The van der Waals surface area contributed by atoms with Gasteiger partial charge >= 0.3 is 0 Å². The third-order valence-corrected chi connectivity index (χ3v) is 3.56. The Labute approximate surface area is 129 Å². The number of nitrogens with two attached hydrogens (primary N) is 1. The van der Waals surface area contributed by atoms with Crippen LogP contribution >= 0.6 is 0 Å². The van der Waals surface area contributed by atoms with Crippen LogP contribution in [-0.2, 0) is 6.42 Å². The van der Waals surface area contributed by atoms with Gasteiger partial charge in [0.15, 0.2) is 5.78 Å². The predicted octanol–water partition coefficient (Wildman–Crippen LogP) is 2.01. The van der Waals surface area contributed by atoms with E-state index in [1.54, 1.807) is 18.5 Å². The van der Waals surface area contributed by atoms with Crippen LogP contribution in [0.5, 0.6) is 0 Å². The molecule has 0 aromatic carbocycles. The Kier molecular flexibility index (Phi) is 3.38. The molecule has 0 bridgehead atoms. The van der Waals surface area contributed by atoms with E-state index < -0.39 is 0 Å². The van der Waals surface area contributed by atoms with Crippen molar-refractivity contribution in [2.45, 2.75) is 26.7 Å².